The van der Waals surface area contributed by atoms with Gasteiger partial charge in [-0.05, 0) is 48.9 Å². The highest BCUT2D eigenvalue weighted by Crippen LogP contribution is 2.30. The second-order valence-corrected chi connectivity index (χ2v) is 8.81. The van der Waals surface area contributed by atoms with Gasteiger partial charge in [0.1, 0.15) is 0 Å². The van der Waals surface area contributed by atoms with Crippen molar-refractivity contribution in [2.24, 2.45) is 0 Å². The Balaban J connectivity index is 1.62. The van der Waals surface area contributed by atoms with Gasteiger partial charge in [-0.25, -0.2) is 4.98 Å². The third-order valence-electron chi connectivity index (χ3n) is 4.84. The van der Waals surface area contributed by atoms with E-state index in [2.05, 4.69) is 39.9 Å². The molecule has 2 aromatic carbocycles. The van der Waals surface area contributed by atoms with E-state index in [-0.39, 0.29) is 5.91 Å². The van der Waals surface area contributed by atoms with Crippen LogP contribution in [-0.4, -0.2) is 55.2 Å². The maximum Gasteiger partial charge on any atom is 0.260 e. The number of thiazole rings is 1. The molecular formula is C21H22BrN3O2S. The number of amides is 1. The van der Waals surface area contributed by atoms with Crippen molar-refractivity contribution in [2.45, 2.75) is 6.92 Å². The van der Waals surface area contributed by atoms with Gasteiger partial charge in [0.25, 0.3) is 5.91 Å². The van der Waals surface area contributed by atoms with Crippen LogP contribution in [0.4, 0.5) is 5.13 Å². The van der Waals surface area contributed by atoms with Gasteiger partial charge in [0.15, 0.2) is 5.13 Å². The van der Waals surface area contributed by atoms with Gasteiger partial charge in [0, 0.05) is 36.2 Å². The second kappa shape index (κ2) is 8.69. The van der Waals surface area contributed by atoms with E-state index in [0.29, 0.717) is 12.1 Å². The number of morpholine rings is 1. The van der Waals surface area contributed by atoms with Crippen molar-refractivity contribution in [3.8, 4) is 0 Å². The summed E-state index contributed by atoms with van der Waals surface area (Å²) in [6.45, 7) is 6.79. The summed E-state index contributed by atoms with van der Waals surface area (Å²) in [6, 6.07) is 13.7. The number of aromatic nitrogens is 1. The highest BCUT2D eigenvalue weighted by Gasteiger charge is 2.22. The first kappa shape index (κ1) is 19.5. The number of rotatable bonds is 5. The molecule has 0 N–H and O–H groups in total. The van der Waals surface area contributed by atoms with Crippen molar-refractivity contribution in [1.29, 1.82) is 0 Å². The zero-order valence-corrected chi connectivity index (χ0v) is 18.1. The minimum atomic E-state index is -0.0171. The largest absolute Gasteiger partial charge is 0.379 e. The first-order valence-electron chi connectivity index (χ1n) is 9.35. The lowest BCUT2D eigenvalue weighted by Gasteiger charge is -2.29. The zero-order valence-electron chi connectivity index (χ0n) is 15.7. The molecule has 3 aromatic rings. The molecule has 146 valence electrons. The Labute approximate surface area is 177 Å². The maximum absolute atomic E-state index is 13.3. The number of halogens is 1. The van der Waals surface area contributed by atoms with E-state index in [1.807, 2.05) is 35.2 Å². The fraction of sp³-hybridized carbons (Fsp3) is 0.333. The summed E-state index contributed by atoms with van der Waals surface area (Å²) in [6.07, 6.45) is 0. The van der Waals surface area contributed by atoms with Gasteiger partial charge in [-0.15, -0.1) is 0 Å². The molecule has 7 heteroatoms. The van der Waals surface area contributed by atoms with Crippen LogP contribution in [0.2, 0.25) is 0 Å². The summed E-state index contributed by atoms with van der Waals surface area (Å²) in [5.74, 6) is -0.0171. The Morgan fingerprint density at radius 2 is 1.96 bits per heavy atom. The Kier molecular flexibility index (Phi) is 6.06. The highest BCUT2D eigenvalue weighted by atomic mass is 79.9. The van der Waals surface area contributed by atoms with Gasteiger partial charge in [-0.2, -0.15) is 0 Å². The Hall–Kier alpha value is -1.80. The van der Waals surface area contributed by atoms with Gasteiger partial charge >= 0.3 is 0 Å². The predicted octanol–water partition coefficient (Wildman–Crippen LogP) is 4.35. The molecule has 0 atom stereocenters. The van der Waals surface area contributed by atoms with Crippen LogP contribution < -0.4 is 4.90 Å². The summed E-state index contributed by atoms with van der Waals surface area (Å²) >= 11 is 5.01. The maximum atomic E-state index is 13.3. The van der Waals surface area contributed by atoms with E-state index in [1.165, 1.54) is 5.56 Å². The van der Waals surface area contributed by atoms with Gasteiger partial charge in [-0.3, -0.25) is 14.6 Å². The Bertz CT molecular complexity index is 967. The molecule has 1 aliphatic rings. The van der Waals surface area contributed by atoms with Crippen LogP contribution in [-0.2, 0) is 4.74 Å². The molecule has 1 aliphatic heterocycles. The van der Waals surface area contributed by atoms with Crippen LogP contribution in [0.3, 0.4) is 0 Å². The molecule has 0 radical (unpaired) electrons. The van der Waals surface area contributed by atoms with Crippen LogP contribution in [0.1, 0.15) is 15.9 Å². The SMILES string of the molecule is Cc1ccc2nc(N(CCN3CCOCC3)C(=O)c3ccc(Br)cc3)sc2c1. The fourth-order valence-electron chi connectivity index (χ4n) is 3.23. The van der Waals surface area contributed by atoms with Gasteiger partial charge in [0.2, 0.25) is 0 Å². The molecule has 0 unspecified atom stereocenters. The van der Waals surface area contributed by atoms with Crippen molar-refractivity contribution < 1.29 is 9.53 Å². The van der Waals surface area contributed by atoms with Crippen molar-refractivity contribution in [2.75, 3.05) is 44.3 Å². The molecule has 1 aromatic heterocycles. The molecule has 1 fully saturated rings. The molecule has 2 heterocycles. The van der Waals surface area contributed by atoms with Crippen molar-refractivity contribution in [1.82, 2.24) is 9.88 Å². The number of carbonyl (C=O) groups excluding carboxylic acids is 1. The number of aryl methyl sites for hydroxylation is 1. The number of hydrogen-bond acceptors (Lipinski definition) is 5. The third kappa shape index (κ3) is 4.43. The first-order valence-corrected chi connectivity index (χ1v) is 11.0. The lowest BCUT2D eigenvalue weighted by atomic mass is 10.2. The number of hydrogen-bond donors (Lipinski definition) is 0. The number of carbonyl (C=O) groups is 1. The number of fused-ring (bicyclic) bond motifs is 1. The Morgan fingerprint density at radius 1 is 1.21 bits per heavy atom. The van der Waals surface area contributed by atoms with Crippen LogP contribution in [0.25, 0.3) is 10.2 Å². The van der Waals surface area contributed by atoms with E-state index in [1.54, 1.807) is 11.3 Å². The molecule has 0 spiro atoms. The molecule has 1 amide bonds. The predicted molar refractivity (Wildman–Crippen MR) is 117 cm³/mol. The molecule has 28 heavy (non-hydrogen) atoms. The lowest BCUT2D eigenvalue weighted by Crippen LogP contribution is -2.43. The smallest absolute Gasteiger partial charge is 0.260 e. The lowest BCUT2D eigenvalue weighted by molar-refractivity contribution is 0.0391. The third-order valence-corrected chi connectivity index (χ3v) is 6.41. The van der Waals surface area contributed by atoms with E-state index in [9.17, 15) is 4.79 Å². The standard InChI is InChI=1S/C21H22BrN3O2S/c1-15-2-7-18-19(14-15)28-21(23-18)25(9-8-24-10-12-27-13-11-24)20(26)16-3-5-17(22)6-4-16/h2-7,14H,8-13H2,1H3. The summed E-state index contributed by atoms with van der Waals surface area (Å²) < 4.78 is 7.50. The monoisotopic (exact) mass is 459 g/mol. The van der Waals surface area contributed by atoms with Gasteiger partial charge in [-0.1, -0.05) is 33.3 Å². The van der Waals surface area contributed by atoms with Gasteiger partial charge < -0.3 is 4.74 Å². The van der Waals surface area contributed by atoms with Crippen LogP contribution >= 0.6 is 27.3 Å². The topological polar surface area (TPSA) is 45.7 Å². The average molecular weight is 460 g/mol. The molecule has 5 nitrogen and oxygen atoms in total. The van der Waals surface area contributed by atoms with Crippen LogP contribution in [0, 0.1) is 6.92 Å². The molecule has 1 saturated heterocycles. The first-order chi connectivity index (χ1) is 13.6. The number of ether oxygens (including phenoxy) is 1. The minimum absolute atomic E-state index is 0.0171. The van der Waals surface area contributed by atoms with Crippen LogP contribution in [0.15, 0.2) is 46.9 Å². The van der Waals surface area contributed by atoms with E-state index in [4.69, 9.17) is 9.72 Å². The highest BCUT2D eigenvalue weighted by molar-refractivity contribution is 9.10. The molecule has 0 saturated carbocycles. The zero-order chi connectivity index (χ0) is 19.5. The Morgan fingerprint density at radius 3 is 2.71 bits per heavy atom. The van der Waals surface area contributed by atoms with Crippen LogP contribution in [0.5, 0.6) is 0 Å². The van der Waals surface area contributed by atoms with E-state index >= 15 is 0 Å². The summed E-state index contributed by atoms with van der Waals surface area (Å²) in [5, 5.41) is 0.752. The average Bonchev–Trinajstić information content (AvgIpc) is 3.12. The fourth-order valence-corrected chi connectivity index (χ4v) is 4.59. The quantitative estimate of drug-likeness (QED) is 0.568. The van der Waals surface area contributed by atoms with E-state index in [0.717, 1.165) is 52.7 Å². The second-order valence-electron chi connectivity index (χ2n) is 6.89. The normalized spacial score (nSPS) is 15.1. The summed E-state index contributed by atoms with van der Waals surface area (Å²) in [5.41, 5.74) is 2.80. The molecule has 4 rings (SSSR count). The van der Waals surface area contributed by atoms with E-state index < -0.39 is 0 Å². The van der Waals surface area contributed by atoms with Crippen molar-refractivity contribution in [3.05, 3.63) is 58.1 Å². The molecular weight excluding hydrogens is 438 g/mol. The van der Waals surface area contributed by atoms with Gasteiger partial charge in [0.05, 0.1) is 23.4 Å². The number of anilines is 1. The van der Waals surface area contributed by atoms with Crippen molar-refractivity contribution in [3.63, 3.8) is 0 Å². The molecule has 0 aliphatic carbocycles. The van der Waals surface area contributed by atoms with Crippen molar-refractivity contribution >= 4 is 48.5 Å². The summed E-state index contributed by atoms with van der Waals surface area (Å²) in [4.78, 5) is 22.2. The minimum Gasteiger partial charge on any atom is -0.379 e. The number of benzene rings is 2. The summed E-state index contributed by atoms with van der Waals surface area (Å²) in [7, 11) is 0. The number of nitrogens with zero attached hydrogens (tertiary/aromatic N) is 3. The molecule has 0 bridgehead atoms.